The average molecular weight is 376 g/mol. The first-order chi connectivity index (χ1) is 12.9. The molecule has 5 nitrogen and oxygen atoms in total. The van der Waals surface area contributed by atoms with Gasteiger partial charge in [0.05, 0.1) is 24.9 Å². The maximum atomic E-state index is 5.89. The van der Waals surface area contributed by atoms with E-state index in [4.69, 9.17) is 14.5 Å². The van der Waals surface area contributed by atoms with E-state index in [0.717, 1.165) is 45.0 Å². The molecule has 1 heterocycles. The number of ether oxygens (including phenoxy) is 2. The average Bonchev–Trinajstić information content (AvgIpc) is 2.64. The summed E-state index contributed by atoms with van der Waals surface area (Å²) in [5.41, 5.74) is 2.28. The van der Waals surface area contributed by atoms with Gasteiger partial charge in [0.25, 0.3) is 0 Å². The molecule has 1 fully saturated rings. The summed E-state index contributed by atoms with van der Waals surface area (Å²) in [5, 5.41) is 3.44. The zero-order chi connectivity index (χ0) is 19.7. The van der Waals surface area contributed by atoms with Crippen molar-refractivity contribution in [1.82, 2.24) is 10.2 Å². The molecule has 0 bridgehead atoms. The Kier molecular flexibility index (Phi) is 8.58. The van der Waals surface area contributed by atoms with Gasteiger partial charge in [-0.05, 0) is 58.6 Å². The van der Waals surface area contributed by atoms with Crippen LogP contribution in [0, 0.1) is 0 Å². The summed E-state index contributed by atoms with van der Waals surface area (Å²) in [5.74, 6) is 1.00. The summed E-state index contributed by atoms with van der Waals surface area (Å²) in [4.78, 5) is 7.23. The molecule has 2 rings (SSSR count). The molecule has 27 heavy (non-hydrogen) atoms. The summed E-state index contributed by atoms with van der Waals surface area (Å²) in [7, 11) is 0. The molecule has 1 aromatic rings. The molecule has 1 aliphatic heterocycles. The minimum Gasteiger partial charge on any atom is -0.378 e. The van der Waals surface area contributed by atoms with Crippen LogP contribution in [0.25, 0.3) is 0 Å². The van der Waals surface area contributed by atoms with E-state index in [2.05, 4.69) is 69.1 Å². The van der Waals surface area contributed by atoms with Crippen LogP contribution in [-0.2, 0) is 22.6 Å². The molecular formula is C22H37N3O2. The van der Waals surface area contributed by atoms with Crippen molar-refractivity contribution in [2.75, 3.05) is 26.2 Å². The van der Waals surface area contributed by atoms with Crippen molar-refractivity contribution in [1.29, 1.82) is 0 Å². The number of hydrogen-bond donors (Lipinski definition) is 1. The van der Waals surface area contributed by atoms with Gasteiger partial charge in [0.2, 0.25) is 0 Å². The van der Waals surface area contributed by atoms with E-state index < -0.39 is 0 Å². The van der Waals surface area contributed by atoms with Gasteiger partial charge in [-0.1, -0.05) is 24.3 Å². The fourth-order valence-corrected chi connectivity index (χ4v) is 3.18. The van der Waals surface area contributed by atoms with Crippen molar-refractivity contribution in [3.63, 3.8) is 0 Å². The molecule has 0 radical (unpaired) electrons. The van der Waals surface area contributed by atoms with E-state index in [-0.39, 0.29) is 5.60 Å². The highest BCUT2D eigenvalue weighted by Crippen LogP contribution is 2.16. The lowest BCUT2D eigenvalue weighted by molar-refractivity contribution is -0.0149. The Morgan fingerprint density at radius 1 is 1.19 bits per heavy atom. The number of nitrogens with one attached hydrogen (secondary N) is 1. The van der Waals surface area contributed by atoms with Crippen LogP contribution in [0.1, 0.15) is 58.6 Å². The minimum atomic E-state index is -0.125. The van der Waals surface area contributed by atoms with Crippen molar-refractivity contribution in [3.8, 4) is 0 Å². The third-order valence-corrected chi connectivity index (χ3v) is 4.55. The summed E-state index contributed by atoms with van der Waals surface area (Å²) in [6, 6.07) is 8.53. The molecule has 0 atom stereocenters. The second-order valence-electron chi connectivity index (χ2n) is 8.03. The molecule has 0 saturated carbocycles. The number of rotatable bonds is 7. The van der Waals surface area contributed by atoms with Gasteiger partial charge in [-0.2, -0.15) is 0 Å². The van der Waals surface area contributed by atoms with Crippen LogP contribution in [0.5, 0.6) is 0 Å². The minimum absolute atomic E-state index is 0.125. The number of benzene rings is 1. The van der Waals surface area contributed by atoms with Crippen LogP contribution in [0.15, 0.2) is 29.3 Å². The monoisotopic (exact) mass is 375 g/mol. The lowest BCUT2D eigenvalue weighted by Crippen LogP contribution is -2.47. The summed E-state index contributed by atoms with van der Waals surface area (Å²) in [6.45, 7) is 15.4. The molecule has 152 valence electrons. The molecule has 0 unspecified atom stereocenters. The summed E-state index contributed by atoms with van der Waals surface area (Å²) in [6.07, 6.45) is 2.53. The largest absolute Gasteiger partial charge is 0.378 e. The van der Waals surface area contributed by atoms with Gasteiger partial charge in [0.1, 0.15) is 0 Å². The van der Waals surface area contributed by atoms with Gasteiger partial charge in [-0.3, -0.25) is 0 Å². The maximum Gasteiger partial charge on any atom is 0.194 e. The van der Waals surface area contributed by atoms with Crippen LogP contribution in [0.3, 0.4) is 0 Å². The molecule has 1 saturated heterocycles. The Hall–Kier alpha value is -1.59. The molecule has 0 aliphatic carbocycles. The molecule has 1 N–H and O–H groups in total. The summed E-state index contributed by atoms with van der Waals surface area (Å²) >= 11 is 0. The Morgan fingerprint density at radius 3 is 2.52 bits per heavy atom. The van der Waals surface area contributed by atoms with Crippen LogP contribution >= 0.6 is 0 Å². The highest BCUT2D eigenvalue weighted by Gasteiger charge is 2.21. The smallest absolute Gasteiger partial charge is 0.194 e. The van der Waals surface area contributed by atoms with Crippen molar-refractivity contribution < 1.29 is 9.47 Å². The maximum absolute atomic E-state index is 5.89. The second-order valence-corrected chi connectivity index (χ2v) is 8.03. The van der Waals surface area contributed by atoms with Gasteiger partial charge in [0, 0.05) is 26.2 Å². The molecule has 0 amide bonds. The topological polar surface area (TPSA) is 46.1 Å². The number of hydrogen-bond acceptors (Lipinski definition) is 3. The van der Waals surface area contributed by atoms with Crippen molar-refractivity contribution in [2.24, 2.45) is 4.99 Å². The number of likely N-dealkylation sites (tertiary alicyclic amines) is 1. The Balaban J connectivity index is 1.96. The highest BCUT2D eigenvalue weighted by molar-refractivity contribution is 5.80. The first-order valence-corrected chi connectivity index (χ1v) is 10.3. The van der Waals surface area contributed by atoms with Crippen molar-refractivity contribution >= 4 is 5.96 Å². The van der Waals surface area contributed by atoms with Crippen LogP contribution in [-0.4, -0.2) is 48.8 Å². The normalized spacial score (nSPS) is 16.6. The van der Waals surface area contributed by atoms with Crippen molar-refractivity contribution in [3.05, 3.63) is 35.4 Å². The SMILES string of the molecule is CCNC(=NCc1cccc(COC(C)(C)C)c1)N1CCC(OCC)CC1. The molecule has 0 spiro atoms. The van der Waals surface area contributed by atoms with E-state index in [1.54, 1.807) is 0 Å². The van der Waals surface area contributed by atoms with Gasteiger partial charge in [-0.15, -0.1) is 0 Å². The predicted molar refractivity (Wildman–Crippen MR) is 112 cm³/mol. The third-order valence-electron chi connectivity index (χ3n) is 4.55. The molecule has 5 heteroatoms. The number of nitrogens with zero attached hydrogens (tertiary/aromatic N) is 2. The van der Waals surface area contributed by atoms with Crippen molar-refractivity contribution in [2.45, 2.75) is 72.3 Å². The van der Waals surface area contributed by atoms with Crippen LogP contribution in [0.4, 0.5) is 0 Å². The number of aliphatic imine (C=N–C) groups is 1. The standard InChI is InChI=1S/C22H37N3O2/c1-6-23-21(25-13-11-20(12-14-25)26-7-2)24-16-18-9-8-10-19(15-18)17-27-22(3,4)5/h8-10,15,20H,6-7,11-14,16-17H2,1-5H3,(H,23,24). The van der Waals surface area contributed by atoms with Crippen LogP contribution < -0.4 is 5.32 Å². The quantitative estimate of drug-likeness (QED) is 0.579. The van der Waals surface area contributed by atoms with E-state index >= 15 is 0 Å². The van der Waals surface area contributed by atoms with Gasteiger partial charge < -0.3 is 19.7 Å². The molecule has 1 aliphatic rings. The first-order valence-electron chi connectivity index (χ1n) is 10.3. The van der Waals surface area contributed by atoms with Gasteiger partial charge >= 0.3 is 0 Å². The predicted octanol–water partition coefficient (Wildman–Crippen LogP) is 3.97. The molecule has 0 aromatic heterocycles. The second kappa shape index (κ2) is 10.7. The zero-order valence-corrected chi connectivity index (χ0v) is 17.8. The van der Waals surface area contributed by atoms with Crippen LogP contribution in [0.2, 0.25) is 0 Å². The molecular weight excluding hydrogens is 338 g/mol. The third kappa shape index (κ3) is 7.89. The Labute approximate surface area is 165 Å². The Bertz CT molecular complexity index is 587. The Morgan fingerprint density at radius 2 is 1.89 bits per heavy atom. The van der Waals surface area contributed by atoms with E-state index in [0.29, 0.717) is 19.3 Å². The molecule has 1 aromatic carbocycles. The lowest BCUT2D eigenvalue weighted by Gasteiger charge is -2.34. The first kappa shape index (κ1) is 21.7. The van der Waals surface area contributed by atoms with Gasteiger partial charge in [0.15, 0.2) is 5.96 Å². The zero-order valence-electron chi connectivity index (χ0n) is 17.8. The summed E-state index contributed by atoms with van der Waals surface area (Å²) < 4.78 is 11.7. The van der Waals surface area contributed by atoms with E-state index in [1.807, 2.05) is 0 Å². The van der Waals surface area contributed by atoms with E-state index in [1.165, 1.54) is 11.1 Å². The fourth-order valence-electron chi connectivity index (χ4n) is 3.18. The number of piperidine rings is 1. The fraction of sp³-hybridized carbons (Fsp3) is 0.682. The van der Waals surface area contributed by atoms with Gasteiger partial charge in [-0.25, -0.2) is 4.99 Å². The van der Waals surface area contributed by atoms with E-state index in [9.17, 15) is 0 Å². The number of guanidine groups is 1. The lowest BCUT2D eigenvalue weighted by atomic mass is 10.1. The highest BCUT2D eigenvalue weighted by atomic mass is 16.5.